The van der Waals surface area contributed by atoms with Gasteiger partial charge in [-0.2, -0.15) is 18.3 Å². The number of hydrogen-bond acceptors (Lipinski definition) is 5. The molecule has 1 saturated carbocycles. The molecule has 2 atom stereocenters. The van der Waals surface area contributed by atoms with Gasteiger partial charge in [0.2, 0.25) is 0 Å². The van der Waals surface area contributed by atoms with Gasteiger partial charge in [-0.3, -0.25) is 0 Å². The molecule has 0 spiro atoms. The third-order valence-electron chi connectivity index (χ3n) is 7.62. The zero-order valence-corrected chi connectivity index (χ0v) is 25.6. The molecule has 2 unspecified atom stereocenters. The van der Waals surface area contributed by atoms with Gasteiger partial charge in [0.15, 0.2) is 0 Å². The predicted molar refractivity (Wildman–Crippen MR) is 163 cm³/mol. The number of likely N-dealkylation sites (tertiary alicyclic amines) is 1. The monoisotopic (exact) mass is 596 g/mol. The van der Waals surface area contributed by atoms with Crippen LogP contribution in [-0.4, -0.2) is 53.6 Å². The minimum atomic E-state index is -4.28. The summed E-state index contributed by atoms with van der Waals surface area (Å²) in [5.74, 6) is 2.25. The summed E-state index contributed by atoms with van der Waals surface area (Å²) in [5, 5.41) is 9.99. The first-order chi connectivity index (χ1) is 17.3. The fourth-order valence-electron chi connectivity index (χ4n) is 5.68. The molecule has 2 aliphatic heterocycles. The van der Waals surface area contributed by atoms with Gasteiger partial charge < -0.3 is 9.80 Å². The molecule has 3 fully saturated rings. The average molecular weight is 598 g/mol. The Morgan fingerprint density at radius 3 is 2.24 bits per heavy atom. The van der Waals surface area contributed by atoms with Crippen molar-refractivity contribution in [1.29, 1.82) is 0 Å². The number of hydrogen-bond donors (Lipinski definition) is 0. The Bertz CT molecular complexity index is 874. The van der Waals surface area contributed by atoms with Crippen molar-refractivity contribution in [2.45, 2.75) is 84.9 Å². The molecular weight excluding hydrogens is 552 g/mol. The van der Waals surface area contributed by atoms with Gasteiger partial charge in [-0.05, 0) is 82.2 Å². The zero-order valence-electron chi connectivity index (χ0n) is 23.2. The lowest BCUT2D eigenvalue weighted by Gasteiger charge is -2.27. The van der Waals surface area contributed by atoms with E-state index in [1.54, 1.807) is 23.9 Å². The van der Waals surface area contributed by atoms with Crippen LogP contribution < -0.4 is 4.90 Å². The summed E-state index contributed by atoms with van der Waals surface area (Å²) in [7, 11) is 0. The van der Waals surface area contributed by atoms with Crippen LogP contribution in [0.15, 0.2) is 34.5 Å². The quantitative estimate of drug-likeness (QED) is 0.137. The predicted octanol–water partition coefficient (Wildman–Crippen LogP) is 8.58. The number of fused-ring (bicyclic) bond motifs is 1. The number of benzene rings is 1. The molecule has 1 aromatic rings. The second kappa shape index (κ2) is 17.0. The first-order valence-corrected chi connectivity index (χ1v) is 14.7. The molecule has 2 heterocycles. The van der Waals surface area contributed by atoms with Gasteiger partial charge in [-0.25, -0.2) is 0 Å². The molecule has 38 heavy (non-hydrogen) atoms. The highest BCUT2D eigenvalue weighted by molar-refractivity contribution is 8.13. The highest BCUT2D eigenvalue weighted by Gasteiger charge is 2.41. The van der Waals surface area contributed by atoms with E-state index in [-0.39, 0.29) is 24.8 Å². The Hall–Kier alpha value is -0.960. The summed E-state index contributed by atoms with van der Waals surface area (Å²) in [5.41, 5.74) is 1.51. The molecular formula is C28H45Cl2F3N4S. The van der Waals surface area contributed by atoms with Crippen molar-refractivity contribution >= 4 is 53.0 Å². The Morgan fingerprint density at radius 1 is 0.947 bits per heavy atom. The Kier molecular flexibility index (Phi) is 15.7. The van der Waals surface area contributed by atoms with Gasteiger partial charge in [-0.15, -0.1) is 41.7 Å². The SMILES string of the molecule is C/C(=N\N=C(/C)C1CCCCC1)SCCCN1CC2CCN(c3ccc(C(F)(F)F)cc3)C2C1.CC.Cl.Cl. The molecule has 1 aromatic carbocycles. The number of anilines is 1. The number of halogens is 5. The lowest BCUT2D eigenvalue weighted by molar-refractivity contribution is -0.137. The van der Waals surface area contributed by atoms with Crippen LogP contribution >= 0.6 is 36.6 Å². The van der Waals surface area contributed by atoms with Gasteiger partial charge in [0.1, 0.15) is 0 Å². The molecule has 3 aliphatic rings. The third kappa shape index (κ3) is 9.90. The standard InChI is InChI=1S/C26H37F3N4S.C2H6.2ClH/c1-19(21-7-4-3-5-8-21)30-31-20(2)34-16-6-14-32-17-22-13-15-33(25(22)18-32)24-11-9-23(10-12-24)26(27,28)29;1-2;;/h9-12,21-22,25H,3-8,13-18H2,1-2H3;1-2H3;2*1H/b30-19+,31-20+;;;. The van der Waals surface area contributed by atoms with Crippen molar-refractivity contribution in [2.24, 2.45) is 22.0 Å². The molecule has 1 aliphatic carbocycles. The van der Waals surface area contributed by atoms with Crippen LogP contribution in [0.5, 0.6) is 0 Å². The fourth-order valence-corrected chi connectivity index (χ4v) is 6.35. The average Bonchev–Trinajstić information content (AvgIpc) is 3.47. The first-order valence-electron chi connectivity index (χ1n) is 13.7. The van der Waals surface area contributed by atoms with E-state index < -0.39 is 11.7 Å². The maximum Gasteiger partial charge on any atom is 0.416 e. The van der Waals surface area contributed by atoms with Crippen LogP contribution in [0.2, 0.25) is 0 Å². The highest BCUT2D eigenvalue weighted by atomic mass is 35.5. The normalized spacial score (nSPS) is 22.8. The first kappa shape index (κ1) is 35.1. The highest BCUT2D eigenvalue weighted by Crippen LogP contribution is 2.37. The molecule has 2 saturated heterocycles. The van der Waals surface area contributed by atoms with Crippen molar-refractivity contribution < 1.29 is 13.2 Å². The van der Waals surface area contributed by atoms with Crippen LogP contribution in [-0.2, 0) is 6.18 Å². The maximum absolute atomic E-state index is 12.9. The van der Waals surface area contributed by atoms with Crippen molar-refractivity contribution in [3.05, 3.63) is 29.8 Å². The second-order valence-electron chi connectivity index (χ2n) is 10.0. The Balaban J connectivity index is 0.00000176. The second-order valence-corrected chi connectivity index (χ2v) is 11.3. The topological polar surface area (TPSA) is 31.2 Å². The van der Waals surface area contributed by atoms with Crippen LogP contribution in [0.4, 0.5) is 18.9 Å². The minimum absolute atomic E-state index is 0. The van der Waals surface area contributed by atoms with E-state index in [1.807, 2.05) is 20.8 Å². The van der Waals surface area contributed by atoms with Gasteiger partial charge in [0.25, 0.3) is 0 Å². The molecule has 4 nitrogen and oxygen atoms in total. The number of thioether (sulfide) groups is 1. The maximum atomic E-state index is 12.9. The Labute approximate surface area is 244 Å². The molecule has 4 rings (SSSR count). The van der Waals surface area contributed by atoms with Crippen LogP contribution in [0.3, 0.4) is 0 Å². The van der Waals surface area contributed by atoms with Crippen molar-refractivity contribution in [3.8, 4) is 0 Å². The van der Waals surface area contributed by atoms with Crippen LogP contribution in [0.25, 0.3) is 0 Å². The number of rotatable bonds is 7. The van der Waals surface area contributed by atoms with E-state index in [0.717, 1.165) is 55.5 Å². The molecule has 0 radical (unpaired) electrons. The van der Waals surface area contributed by atoms with Crippen molar-refractivity contribution in [2.75, 3.05) is 36.8 Å². The lowest BCUT2D eigenvalue weighted by atomic mass is 9.86. The lowest BCUT2D eigenvalue weighted by Crippen LogP contribution is -2.35. The van der Waals surface area contributed by atoms with Crippen molar-refractivity contribution in [3.63, 3.8) is 0 Å². The molecule has 218 valence electrons. The van der Waals surface area contributed by atoms with E-state index in [2.05, 4.69) is 26.9 Å². The third-order valence-corrected chi connectivity index (χ3v) is 8.62. The van der Waals surface area contributed by atoms with Crippen LogP contribution in [0, 0.1) is 11.8 Å². The van der Waals surface area contributed by atoms with E-state index in [9.17, 15) is 13.2 Å². The summed E-state index contributed by atoms with van der Waals surface area (Å²) in [6.45, 7) is 12.2. The number of nitrogens with zero attached hydrogens (tertiary/aromatic N) is 4. The van der Waals surface area contributed by atoms with E-state index in [1.165, 1.54) is 49.9 Å². The molecule has 0 N–H and O–H groups in total. The zero-order chi connectivity index (χ0) is 26.1. The van der Waals surface area contributed by atoms with Crippen LogP contribution in [0.1, 0.15) is 78.2 Å². The summed E-state index contributed by atoms with van der Waals surface area (Å²) >= 11 is 1.78. The van der Waals surface area contributed by atoms with E-state index in [0.29, 0.717) is 17.9 Å². The summed E-state index contributed by atoms with van der Waals surface area (Å²) in [6, 6.07) is 6.08. The summed E-state index contributed by atoms with van der Waals surface area (Å²) in [6.07, 6.45) is 4.43. The Morgan fingerprint density at radius 2 is 1.61 bits per heavy atom. The van der Waals surface area contributed by atoms with Gasteiger partial charge in [0.05, 0.1) is 10.6 Å². The summed E-state index contributed by atoms with van der Waals surface area (Å²) < 4.78 is 38.6. The molecule has 10 heteroatoms. The van der Waals surface area contributed by atoms with E-state index in [4.69, 9.17) is 0 Å². The minimum Gasteiger partial charge on any atom is -0.367 e. The fraction of sp³-hybridized carbons (Fsp3) is 0.714. The smallest absolute Gasteiger partial charge is 0.367 e. The summed E-state index contributed by atoms with van der Waals surface area (Å²) in [4.78, 5) is 4.83. The van der Waals surface area contributed by atoms with Gasteiger partial charge in [0, 0.05) is 42.8 Å². The molecule has 0 bridgehead atoms. The van der Waals surface area contributed by atoms with Gasteiger partial charge >= 0.3 is 6.18 Å². The largest absolute Gasteiger partial charge is 0.416 e. The van der Waals surface area contributed by atoms with Gasteiger partial charge in [-0.1, -0.05) is 33.1 Å². The molecule has 0 aromatic heterocycles. The van der Waals surface area contributed by atoms with Crippen molar-refractivity contribution in [1.82, 2.24) is 4.90 Å². The van der Waals surface area contributed by atoms with E-state index >= 15 is 0 Å². The number of alkyl halides is 3. The molecule has 0 amide bonds.